The molecule has 0 saturated carbocycles. The summed E-state index contributed by atoms with van der Waals surface area (Å²) in [6, 6.07) is 4.00. The minimum absolute atomic E-state index is 0.651. The van der Waals surface area contributed by atoms with Crippen LogP contribution in [0.3, 0.4) is 0 Å². The van der Waals surface area contributed by atoms with Gasteiger partial charge in [0.25, 0.3) is 0 Å². The Morgan fingerprint density at radius 2 is 2.29 bits per heavy atom. The molecular formula is C11H10O2S. The lowest BCUT2D eigenvalue weighted by Gasteiger charge is -2.07. The maximum atomic E-state index is 10.9. The van der Waals surface area contributed by atoms with E-state index in [2.05, 4.69) is 0 Å². The quantitative estimate of drug-likeness (QED) is 0.706. The Kier molecular flexibility index (Phi) is 2.25. The number of carbonyl (C=O) groups excluding carboxylic acids is 1. The SMILES string of the molecule is COc1c(C=O)c(C)cc2sccc12. The number of thiophene rings is 1. The molecule has 0 spiro atoms. The van der Waals surface area contributed by atoms with Crippen LogP contribution in [0.2, 0.25) is 0 Å². The third-order valence-corrected chi connectivity index (χ3v) is 3.14. The first-order valence-electron chi connectivity index (χ1n) is 4.28. The summed E-state index contributed by atoms with van der Waals surface area (Å²) in [7, 11) is 1.60. The summed E-state index contributed by atoms with van der Waals surface area (Å²) in [5.74, 6) is 0.691. The van der Waals surface area contributed by atoms with Gasteiger partial charge in [-0.15, -0.1) is 11.3 Å². The monoisotopic (exact) mass is 206 g/mol. The molecule has 2 rings (SSSR count). The van der Waals surface area contributed by atoms with E-state index < -0.39 is 0 Å². The summed E-state index contributed by atoms with van der Waals surface area (Å²) in [5, 5.41) is 3.02. The largest absolute Gasteiger partial charge is 0.495 e. The zero-order chi connectivity index (χ0) is 10.1. The van der Waals surface area contributed by atoms with Crippen LogP contribution in [0, 0.1) is 6.92 Å². The Morgan fingerprint density at radius 3 is 2.93 bits per heavy atom. The first-order chi connectivity index (χ1) is 6.77. The molecule has 3 heteroatoms. The number of rotatable bonds is 2. The molecule has 0 saturated heterocycles. The molecule has 0 fully saturated rings. The number of hydrogen-bond donors (Lipinski definition) is 0. The predicted molar refractivity (Wildman–Crippen MR) is 58.5 cm³/mol. The van der Waals surface area contributed by atoms with Crippen LogP contribution in [0.1, 0.15) is 15.9 Å². The van der Waals surface area contributed by atoms with Gasteiger partial charge in [0.2, 0.25) is 0 Å². The number of hydrogen-bond acceptors (Lipinski definition) is 3. The van der Waals surface area contributed by atoms with E-state index in [0.717, 1.165) is 21.9 Å². The van der Waals surface area contributed by atoms with Gasteiger partial charge in [0.15, 0.2) is 6.29 Å². The van der Waals surface area contributed by atoms with Crippen LogP contribution in [0.25, 0.3) is 10.1 Å². The summed E-state index contributed by atoms with van der Waals surface area (Å²) in [6.07, 6.45) is 0.852. The molecule has 1 aromatic heterocycles. The predicted octanol–water partition coefficient (Wildman–Crippen LogP) is 3.03. The second kappa shape index (κ2) is 3.42. The van der Waals surface area contributed by atoms with Crippen molar-refractivity contribution in [3.63, 3.8) is 0 Å². The highest BCUT2D eigenvalue weighted by atomic mass is 32.1. The van der Waals surface area contributed by atoms with Gasteiger partial charge in [-0.1, -0.05) is 0 Å². The van der Waals surface area contributed by atoms with Crippen LogP contribution in [-0.4, -0.2) is 13.4 Å². The van der Waals surface area contributed by atoms with E-state index in [-0.39, 0.29) is 0 Å². The van der Waals surface area contributed by atoms with E-state index in [0.29, 0.717) is 11.3 Å². The maximum Gasteiger partial charge on any atom is 0.154 e. The number of benzene rings is 1. The minimum Gasteiger partial charge on any atom is -0.495 e. The summed E-state index contributed by atoms with van der Waals surface area (Å²) in [6.45, 7) is 1.92. The fraction of sp³-hybridized carbons (Fsp3) is 0.182. The van der Waals surface area contributed by atoms with Gasteiger partial charge < -0.3 is 4.74 Å². The van der Waals surface area contributed by atoms with Crippen LogP contribution >= 0.6 is 11.3 Å². The smallest absolute Gasteiger partial charge is 0.154 e. The van der Waals surface area contributed by atoms with Gasteiger partial charge in [-0.3, -0.25) is 4.79 Å². The van der Waals surface area contributed by atoms with Gasteiger partial charge in [-0.25, -0.2) is 0 Å². The standard InChI is InChI=1S/C11H10O2S/c1-7-5-10-8(3-4-14-10)11(13-2)9(7)6-12/h3-6H,1-2H3. The van der Waals surface area contributed by atoms with Crippen LogP contribution in [0.5, 0.6) is 5.75 Å². The molecule has 2 nitrogen and oxygen atoms in total. The molecule has 1 aromatic carbocycles. The van der Waals surface area contributed by atoms with Crippen molar-refractivity contribution >= 4 is 27.7 Å². The first kappa shape index (κ1) is 9.21. The normalized spacial score (nSPS) is 10.4. The third-order valence-electron chi connectivity index (χ3n) is 2.28. The molecule has 0 bridgehead atoms. The fourth-order valence-electron chi connectivity index (χ4n) is 1.59. The Morgan fingerprint density at radius 1 is 1.50 bits per heavy atom. The summed E-state index contributed by atoms with van der Waals surface area (Å²) < 4.78 is 6.42. The Hall–Kier alpha value is -1.35. The zero-order valence-electron chi connectivity index (χ0n) is 8.03. The molecule has 72 valence electrons. The van der Waals surface area contributed by atoms with E-state index in [1.54, 1.807) is 18.4 Å². The van der Waals surface area contributed by atoms with Gasteiger partial charge in [0, 0.05) is 10.1 Å². The van der Waals surface area contributed by atoms with Crippen LogP contribution in [0.4, 0.5) is 0 Å². The molecule has 14 heavy (non-hydrogen) atoms. The molecule has 0 atom stereocenters. The first-order valence-corrected chi connectivity index (χ1v) is 5.16. The lowest BCUT2D eigenvalue weighted by molar-refractivity contribution is 0.112. The van der Waals surface area contributed by atoms with Crippen LogP contribution in [0.15, 0.2) is 17.5 Å². The van der Waals surface area contributed by atoms with Gasteiger partial charge in [0.05, 0.1) is 12.7 Å². The molecule has 0 aliphatic heterocycles. The number of aryl methyl sites for hydroxylation is 1. The molecule has 0 aliphatic carbocycles. The van der Waals surface area contributed by atoms with Crippen molar-refractivity contribution < 1.29 is 9.53 Å². The van der Waals surface area contributed by atoms with Crippen LogP contribution in [-0.2, 0) is 0 Å². The van der Waals surface area contributed by atoms with Gasteiger partial charge >= 0.3 is 0 Å². The average molecular weight is 206 g/mol. The van der Waals surface area contributed by atoms with Crippen molar-refractivity contribution in [3.05, 3.63) is 28.6 Å². The van der Waals surface area contributed by atoms with E-state index in [1.165, 1.54) is 0 Å². The highest BCUT2D eigenvalue weighted by molar-refractivity contribution is 7.17. The zero-order valence-corrected chi connectivity index (χ0v) is 8.85. The van der Waals surface area contributed by atoms with Gasteiger partial charge in [0.1, 0.15) is 5.75 Å². The molecule has 0 aliphatic rings. The number of carbonyl (C=O) groups is 1. The summed E-state index contributed by atoms with van der Waals surface area (Å²) in [4.78, 5) is 10.9. The Bertz CT molecular complexity index is 485. The van der Waals surface area contributed by atoms with E-state index in [1.807, 2.05) is 24.4 Å². The van der Waals surface area contributed by atoms with Crippen molar-refractivity contribution in [2.75, 3.05) is 7.11 Å². The van der Waals surface area contributed by atoms with Gasteiger partial charge in [-0.05, 0) is 30.0 Å². The molecule has 2 aromatic rings. The number of methoxy groups -OCH3 is 1. The number of aldehydes is 1. The fourth-order valence-corrected chi connectivity index (χ4v) is 2.47. The molecular weight excluding hydrogens is 196 g/mol. The average Bonchev–Trinajstić information content (AvgIpc) is 2.62. The lowest BCUT2D eigenvalue weighted by atomic mass is 10.1. The van der Waals surface area contributed by atoms with Crippen molar-refractivity contribution in [3.8, 4) is 5.75 Å². The second-order valence-electron chi connectivity index (χ2n) is 3.09. The highest BCUT2D eigenvalue weighted by Crippen LogP contribution is 2.34. The van der Waals surface area contributed by atoms with Gasteiger partial charge in [-0.2, -0.15) is 0 Å². The van der Waals surface area contributed by atoms with E-state index >= 15 is 0 Å². The molecule has 0 N–H and O–H groups in total. The summed E-state index contributed by atoms with van der Waals surface area (Å²) >= 11 is 1.65. The number of ether oxygens (including phenoxy) is 1. The molecule has 0 amide bonds. The minimum atomic E-state index is 0.651. The Labute approximate surface area is 86.1 Å². The lowest BCUT2D eigenvalue weighted by Crippen LogP contribution is -1.93. The molecule has 1 heterocycles. The summed E-state index contributed by atoms with van der Waals surface area (Å²) in [5.41, 5.74) is 1.62. The maximum absolute atomic E-state index is 10.9. The third kappa shape index (κ3) is 1.21. The van der Waals surface area contributed by atoms with Crippen molar-refractivity contribution in [1.82, 2.24) is 0 Å². The molecule has 0 unspecified atom stereocenters. The Balaban J connectivity index is 2.88. The van der Waals surface area contributed by atoms with Crippen LogP contribution < -0.4 is 4.74 Å². The topological polar surface area (TPSA) is 26.3 Å². The highest BCUT2D eigenvalue weighted by Gasteiger charge is 2.11. The number of fused-ring (bicyclic) bond motifs is 1. The molecule has 0 radical (unpaired) electrons. The van der Waals surface area contributed by atoms with E-state index in [4.69, 9.17) is 4.74 Å². The second-order valence-corrected chi connectivity index (χ2v) is 4.04. The van der Waals surface area contributed by atoms with Crippen molar-refractivity contribution in [2.45, 2.75) is 6.92 Å². The van der Waals surface area contributed by atoms with Crippen molar-refractivity contribution in [2.24, 2.45) is 0 Å². The van der Waals surface area contributed by atoms with Crippen molar-refractivity contribution in [1.29, 1.82) is 0 Å². The van der Waals surface area contributed by atoms with E-state index in [9.17, 15) is 4.79 Å².